The minimum Gasteiger partial charge on any atom is -0.497 e. The predicted octanol–water partition coefficient (Wildman–Crippen LogP) is 4.52. The van der Waals surface area contributed by atoms with Gasteiger partial charge in [-0.25, -0.2) is 19.0 Å². The predicted molar refractivity (Wildman–Crippen MR) is 128 cm³/mol. The highest BCUT2D eigenvalue weighted by Crippen LogP contribution is 2.30. The Morgan fingerprint density at radius 3 is 2.37 bits per heavy atom. The molecule has 35 heavy (non-hydrogen) atoms. The van der Waals surface area contributed by atoms with Crippen molar-refractivity contribution in [2.24, 2.45) is 9.98 Å². The van der Waals surface area contributed by atoms with E-state index in [0.29, 0.717) is 11.3 Å². The summed E-state index contributed by atoms with van der Waals surface area (Å²) in [6, 6.07) is 10.9. The van der Waals surface area contributed by atoms with Gasteiger partial charge >= 0.3 is 12.2 Å². The van der Waals surface area contributed by atoms with Crippen molar-refractivity contribution >= 4 is 40.5 Å². The van der Waals surface area contributed by atoms with Gasteiger partial charge in [0.05, 0.1) is 38.6 Å². The standard InChI is InChI=1S/C23H22FN3O7S/c1-30-16-11-17(19(24)18(12-16)33-9-10-34-23(29)32-3)20(21(35-4)27-22(28)31-2)26-15-7-5-14(13-25)6-8-15/h5-8,11-12H,9-10H2,1-4H3. The highest BCUT2D eigenvalue weighted by atomic mass is 32.2. The second kappa shape index (κ2) is 13.6. The number of methoxy groups -OCH3 is 3. The van der Waals surface area contributed by atoms with Crippen LogP contribution in [0.5, 0.6) is 11.5 Å². The van der Waals surface area contributed by atoms with Crippen LogP contribution in [0.25, 0.3) is 0 Å². The largest absolute Gasteiger partial charge is 0.508 e. The van der Waals surface area contributed by atoms with Gasteiger partial charge < -0.3 is 23.7 Å². The van der Waals surface area contributed by atoms with Crippen LogP contribution in [0.4, 0.5) is 19.7 Å². The summed E-state index contributed by atoms with van der Waals surface area (Å²) in [7, 11) is 3.71. The topological polar surface area (TPSA) is 129 Å². The lowest BCUT2D eigenvalue weighted by Gasteiger charge is -2.15. The Morgan fingerprint density at radius 2 is 1.80 bits per heavy atom. The third-order valence-corrected chi connectivity index (χ3v) is 4.90. The molecule has 12 heteroatoms. The highest BCUT2D eigenvalue weighted by Gasteiger charge is 2.22. The number of hydrogen-bond acceptors (Lipinski definition) is 10. The Labute approximate surface area is 205 Å². The molecule has 2 aromatic carbocycles. The molecule has 184 valence electrons. The van der Waals surface area contributed by atoms with Crippen LogP contribution >= 0.6 is 11.8 Å². The van der Waals surface area contributed by atoms with Crippen molar-refractivity contribution in [2.45, 2.75) is 0 Å². The van der Waals surface area contributed by atoms with E-state index >= 15 is 4.39 Å². The summed E-state index contributed by atoms with van der Waals surface area (Å²) in [6.07, 6.45) is -0.169. The van der Waals surface area contributed by atoms with Gasteiger partial charge in [0, 0.05) is 11.6 Å². The first-order valence-corrected chi connectivity index (χ1v) is 11.1. The van der Waals surface area contributed by atoms with Crippen molar-refractivity contribution in [2.75, 3.05) is 40.8 Å². The zero-order chi connectivity index (χ0) is 25.8. The maximum atomic E-state index is 15.6. The molecule has 0 saturated heterocycles. The molecule has 0 aliphatic heterocycles. The molecule has 2 aromatic rings. The third kappa shape index (κ3) is 7.72. The maximum Gasteiger partial charge on any atom is 0.508 e. The van der Waals surface area contributed by atoms with Gasteiger partial charge in [0.25, 0.3) is 0 Å². The fourth-order valence-corrected chi connectivity index (χ4v) is 3.10. The van der Waals surface area contributed by atoms with Crippen molar-refractivity contribution in [3.8, 4) is 17.6 Å². The Bertz CT molecular complexity index is 1160. The molecule has 0 bridgehead atoms. The van der Waals surface area contributed by atoms with Gasteiger partial charge in [0.1, 0.15) is 29.7 Å². The lowest BCUT2D eigenvalue weighted by molar-refractivity contribution is 0.0611. The van der Waals surface area contributed by atoms with Crippen molar-refractivity contribution in [1.29, 1.82) is 5.26 Å². The van der Waals surface area contributed by atoms with Gasteiger partial charge in [-0.15, -0.1) is 11.8 Å². The minimum absolute atomic E-state index is 0.000307. The molecule has 0 atom stereocenters. The first kappa shape index (κ1) is 27.1. The van der Waals surface area contributed by atoms with E-state index in [1.807, 2.05) is 6.07 Å². The Hall–Kier alpha value is -4.11. The number of rotatable bonds is 8. The second-order valence-electron chi connectivity index (χ2n) is 6.35. The van der Waals surface area contributed by atoms with Crippen molar-refractivity contribution in [3.63, 3.8) is 0 Å². The number of halogens is 1. The maximum absolute atomic E-state index is 15.6. The number of ether oxygens (including phenoxy) is 5. The molecule has 0 N–H and O–H groups in total. The normalized spacial score (nSPS) is 11.3. The summed E-state index contributed by atoms with van der Waals surface area (Å²) in [5.74, 6) is -0.793. The lowest BCUT2D eigenvalue weighted by Crippen LogP contribution is -2.18. The number of thioether (sulfide) groups is 1. The summed E-state index contributed by atoms with van der Waals surface area (Å²) in [4.78, 5) is 31.3. The van der Waals surface area contributed by atoms with E-state index in [-0.39, 0.29) is 41.0 Å². The number of nitriles is 1. The van der Waals surface area contributed by atoms with Gasteiger partial charge in [-0.1, -0.05) is 0 Å². The van der Waals surface area contributed by atoms with Crippen LogP contribution in [-0.2, 0) is 14.2 Å². The molecule has 0 radical (unpaired) electrons. The number of hydrogen-bond donors (Lipinski definition) is 0. The molecule has 0 spiro atoms. The van der Waals surface area contributed by atoms with E-state index in [1.54, 1.807) is 30.5 Å². The molecule has 0 saturated carbocycles. The average molecular weight is 504 g/mol. The van der Waals surface area contributed by atoms with Crippen molar-refractivity contribution < 1.29 is 37.7 Å². The first-order chi connectivity index (χ1) is 16.9. The lowest BCUT2D eigenvalue weighted by atomic mass is 10.1. The molecule has 0 aliphatic carbocycles. The number of benzene rings is 2. The number of amides is 1. The van der Waals surface area contributed by atoms with Gasteiger partial charge in [-0.2, -0.15) is 10.3 Å². The summed E-state index contributed by atoms with van der Waals surface area (Å²) in [6.45, 7) is -0.364. The van der Waals surface area contributed by atoms with Gasteiger partial charge in [-0.05, 0) is 36.6 Å². The molecule has 1 amide bonds. The number of carbonyl (C=O) groups excluding carboxylic acids is 2. The first-order valence-electron chi connectivity index (χ1n) is 9.88. The van der Waals surface area contributed by atoms with Crippen LogP contribution < -0.4 is 9.47 Å². The molecule has 0 unspecified atom stereocenters. The zero-order valence-corrected chi connectivity index (χ0v) is 20.2. The Balaban J connectivity index is 2.59. The zero-order valence-electron chi connectivity index (χ0n) is 19.4. The summed E-state index contributed by atoms with van der Waals surface area (Å²) >= 11 is 1.05. The van der Waals surface area contributed by atoms with Gasteiger partial charge in [0.15, 0.2) is 11.6 Å². The molecule has 0 heterocycles. The second-order valence-corrected chi connectivity index (χ2v) is 7.14. The van der Waals surface area contributed by atoms with Gasteiger partial charge in [0.2, 0.25) is 0 Å². The van der Waals surface area contributed by atoms with Crippen LogP contribution in [0.2, 0.25) is 0 Å². The molecule has 0 aromatic heterocycles. The van der Waals surface area contributed by atoms with E-state index in [9.17, 15) is 9.59 Å². The summed E-state index contributed by atoms with van der Waals surface area (Å²) in [5, 5.41) is 9.09. The smallest absolute Gasteiger partial charge is 0.497 e. The molecular weight excluding hydrogens is 481 g/mol. The van der Waals surface area contributed by atoms with Crippen molar-refractivity contribution in [3.05, 3.63) is 53.3 Å². The molecule has 0 fully saturated rings. The fraction of sp³-hybridized carbons (Fsp3) is 0.261. The molecule has 2 rings (SSSR count). The van der Waals surface area contributed by atoms with E-state index in [0.717, 1.165) is 26.0 Å². The number of carbonyl (C=O) groups is 2. The van der Waals surface area contributed by atoms with E-state index in [1.165, 1.54) is 19.2 Å². The monoisotopic (exact) mass is 503 g/mol. The van der Waals surface area contributed by atoms with Crippen LogP contribution in [0.15, 0.2) is 46.4 Å². The van der Waals surface area contributed by atoms with Gasteiger partial charge in [-0.3, -0.25) is 0 Å². The molecule has 10 nitrogen and oxygen atoms in total. The highest BCUT2D eigenvalue weighted by molar-refractivity contribution is 8.15. The average Bonchev–Trinajstić information content (AvgIpc) is 2.89. The quantitative estimate of drug-likeness (QED) is 0.221. The van der Waals surface area contributed by atoms with Crippen LogP contribution in [0.1, 0.15) is 11.1 Å². The Morgan fingerprint density at radius 1 is 1.09 bits per heavy atom. The SMILES string of the molecule is COC(=O)N=C(SC)C(=Nc1ccc(C#N)cc1)c1cc(OC)cc(OCCOC(=O)OC)c1F. The van der Waals surface area contributed by atoms with E-state index < -0.39 is 18.1 Å². The van der Waals surface area contributed by atoms with Crippen LogP contribution in [-0.4, -0.2) is 63.8 Å². The third-order valence-electron chi connectivity index (χ3n) is 4.23. The summed E-state index contributed by atoms with van der Waals surface area (Å²) < 4.78 is 40.1. The van der Waals surface area contributed by atoms with E-state index in [2.05, 4.69) is 19.5 Å². The summed E-state index contributed by atoms with van der Waals surface area (Å²) in [5.41, 5.74) is 0.715. The van der Waals surface area contributed by atoms with Crippen LogP contribution in [0.3, 0.4) is 0 Å². The molecule has 0 aliphatic rings. The molecular formula is C23H22FN3O7S. The fourth-order valence-electron chi connectivity index (χ4n) is 2.59. The van der Waals surface area contributed by atoms with Crippen LogP contribution in [0, 0.1) is 17.1 Å². The van der Waals surface area contributed by atoms with Crippen molar-refractivity contribution in [1.82, 2.24) is 0 Å². The number of nitrogens with zero attached hydrogens (tertiary/aromatic N) is 3. The number of aliphatic imine (C=N–C) groups is 2. The van der Waals surface area contributed by atoms with E-state index in [4.69, 9.17) is 19.5 Å². The minimum atomic E-state index is -0.902. The Kier molecular flexibility index (Phi) is 10.5.